The van der Waals surface area contributed by atoms with Crippen molar-refractivity contribution in [3.05, 3.63) is 0 Å². The molecule has 0 bridgehead atoms. The molecule has 0 aliphatic rings. The van der Waals surface area contributed by atoms with Gasteiger partial charge in [0.15, 0.2) is 5.79 Å². The standard InChI is InChI=1S/C20H43NO2/c1-7-9-10-11-12-13-14-19(15-16-21)20(8-2,22-17(3)4)23-18(5)6/h17-19H,7-16,21H2,1-6H3. The van der Waals surface area contributed by atoms with E-state index >= 15 is 0 Å². The fourth-order valence-electron chi connectivity index (χ4n) is 3.43. The molecule has 1 atom stereocenters. The number of nitrogens with two attached hydrogens (primary N) is 1. The molecule has 0 fully saturated rings. The molecule has 0 radical (unpaired) electrons. The van der Waals surface area contributed by atoms with Gasteiger partial charge in [0.2, 0.25) is 0 Å². The van der Waals surface area contributed by atoms with Crippen molar-refractivity contribution in [3.63, 3.8) is 0 Å². The molecule has 0 heterocycles. The van der Waals surface area contributed by atoms with E-state index in [2.05, 4.69) is 41.5 Å². The zero-order valence-corrected chi connectivity index (χ0v) is 16.7. The summed E-state index contributed by atoms with van der Waals surface area (Å²) < 4.78 is 12.7. The Morgan fingerprint density at radius 3 is 1.74 bits per heavy atom. The molecule has 0 saturated heterocycles. The summed E-state index contributed by atoms with van der Waals surface area (Å²) in [7, 11) is 0. The third kappa shape index (κ3) is 9.69. The van der Waals surface area contributed by atoms with E-state index in [1.54, 1.807) is 0 Å². The fraction of sp³-hybridized carbons (Fsp3) is 1.00. The van der Waals surface area contributed by atoms with Crippen LogP contribution < -0.4 is 5.73 Å². The van der Waals surface area contributed by atoms with Gasteiger partial charge in [0.05, 0.1) is 12.2 Å². The highest BCUT2D eigenvalue weighted by atomic mass is 16.7. The van der Waals surface area contributed by atoms with E-state index in [0.717, 1.165) is 19.3 Å². The number of hydrogen-bond acceptors (Lipinski definition) is 3. The van der Waals surface area contributed by atoms with Crippen molar-refractivity contribution in [2.45, 2.75) is 117 Å². The Bertz CT molecular complexity index is 256. The zero-order valence-electron chi connectivity index (χ0n) is 16.7. The van der Waals surface area contributed by atoms with Gasteiger partial charge in [0, 0.05) is 5.92 Å². The van der Waals surface area contributed by atoms with Crippen LogP contribution in [0.25, 0.3) is 0 Å². The van der Waals surface area contributed by atoms with Crippen molar-refractivity contribution in [2.24, 2.45) is 11.7 Å². The van der Waals surface area contributed by atoms with Crippen molar-refractivity contribution >= 4 is 0 Å². The number of ether oxygens (including phenoxy) is 2. The van der Waals surface area contributed by atoms with Crippen LogP contribution in [0.5, 0.6) is 0 Å². The van der Waals surface area contributed by atoms with Crippen LogP contribution in [0.4, 0.5) is 0 Å². The SMILES string of the molecule is CCCCCCCCC(CCN)C(CC)(OC(C)C)OC(C)C. The van der Waals surface area contributed by atoms with Crippen molar-refractivity contribution in [1.82, 2.24) is 0 Å². The van der Waals surface area contributed by atoms with Gasteiger partial charge in [-0.05, 0) is 53.5 Å². The van der Waals surface area contributed by atoms with Gasteiger partial charge in [-0.15, -0.1) is 0 Å². The lowest BCUT2D eigenvalue weighted by molar-refractivity contribution is -0.299. The van der Waals surface area contributed by atoms with E-state index in [1.807, 2.05) is 0 Å². The van der Waals surface area contributed by atoms with Crippen molar-refractivity contribution in [2.75, 3.05) is 6.54 Å². The van der Waals surface area contributed by atoms with E-state index in [-0.39, 0.29) is 12.2 Å². The number of rotatable bonds is 15. The fourth-order valence-corrected chi connectivity index (χ4v) is 3.43. The summed E-state index contributed by atoms with van der Waals surface area (Å²) in [5.74, 6) is -0.0982. The summed E-state index contributed by atoms with van der Waals surface area (Å²) in [5.41, 5.74) is 5.90. The number of hydrogen-bond donors (Lipinski definition) is 1. The number of unbranched alkanes of at least 4 members (excludes halogenated alkanes) is 5. The van der Waals surface area contributed by atoms with Gasteiger partial charge >= 0.3 is 0 Å². The van der Waals surface area contributed by atoms with Crippen LogP contribution in [-0.2, 0) is 9.47 Å². The van der Waals surface area contributed by atoms with Crippen molar-refractivity contribution < 1.29 is 9.47 Å². The third-order valence-electron chi connectivity index (χ3n) is 4.41. The van der Waals surface area contributed by atoms with E-state index in [9.17, 15) is 0 Å². The molecule has 0 rings (SSSR count). The maximum atomic E-state index is 6.33. The largest absolute Gasteiger partial charge is 0.347 e. The first-order chi connectivity index (χ1) is 10.9. The average Bonchev–Trinajstić information content (AvgIpc) is 2.47. The van der Waals surface area contributed by atoms with Crippen LogP contribution in [0.2, 0.25) is 0 Å². The topological polar surface area (TPSA) is 44.5 Å². The third-order valence-corrected chi connectivity index (χ3v) is 4.41. The molecule has 0 aromatic carbocycles. The molecule has 0 aliphatic carbocycles. The van der Waals surface area contributed by atoms with Crippen LogP contribution in [0, 0.1) is 5.92 Å². The van der Waals surface area contributed by atoms with E-state index in [0.29, 0.717) is 12.5 Å². The summed E-state index contributed by atoms with van der Waals surface area (Å²) >= 11 is 0. The summed E-state index contributed by atoms with van der Waals surface area (Å²) in [6.07, 6.45) is 11.3. The molecule has 0 spiro atoms. The van der Waals surface area contributed by atoms with Gasteiger partial charge in [-0.3, -0.25) is 0 Å². The molecule has 0 aromatic rings. The summed E-state index contributed by atoms with van der Waals surface area (Å²) in [4.78, 5) is 0. The smallest absolute Gasteiger partial charge is 0.171 e. The van der Waals surface area contributed by atoms with Crippen LogP contribution in [0.3, 0.4) is 0 Å². The average molecular weight is 330 g/mol. The Balaban J connectivity index is 4.76. The van der Waals surface area contributed by atoms with E-state index < -0.39 is 5.79 Å². The lowest BCUT2D eigenvalue weighted by Gasteiger charge is -2.42. The van der Waals surface area contributed by atoms with E-state index in [4.69, 9.17) is 15.2 Å². The minimum absolute atomic E-state index is 0.165. The van der Waals surface area contributed by atoms with E-state index in [1.165, 1.54) is 38.5 Å². The Labute approximate surface area is 145 Å². The van der Waals surface area contributed by atoms with Gasteiger partial charge in [-0.25, -0.2) is 0 Å². The molecule has 3 nitrogen and oxygen atoms in total. The molecule has 0 saturated carbocycles. The van der Waals surface area contributed by atoms with Crippen molar-refractivity contribution in [3.8, 4) is 0 Å². The minimum Gasteiger partial charge on any atom is -0.347 e. The molecule has 1 unspecified atom stereocenters. The predicted molar refractivity (Wildman–Crippen MR) is 101 cm³/mol. The quantitative estimate of drug-likeness (QED) is 0.311. The highest BCUT2D eigenvalue weighted by Crippen LogP contribution is 2.36. The minimum atomic E-state index is -0.481. The second-order valence-corrected chi connectivity index (χ2v) is 7.33. The van der Waals surface area contributed by atoms with Crippen LogP contribution in [0.15, 0.2) is 0 Å². The Morgan fingerprint density at radius 1 is 0.783 bits per heavy atom. The highest BCUT2D eigenvalue weighted by Gasteiger charge is 2.40. The van der Waals surface area contributed by atoms with Gasteiger partial charge in [-0.2, -0.15) is 0 Å². The maximum absolute atomic E-state index is 6.33. The molecule has 0 aromatic heterocycles. The maximum Gasteiger partial charge on any atom is 0.171 e. The molecule has 3 heteroatoms. The lowest BCUT2D eigenvalue weighted by Crippen LogP contribution is -2.47. The summed E-state index contributed by atoms with van der Waals surface area (Å²) in [6.45, 7) is 13.5. The van der Waals surface area contributed by atoms with Gasteiger partial charge in [0.25, 0.3) is 0 Å². The monoisotopic (exact) mass is 329 g/mol. The first-order valence-corrected chi connectivity index (χ1v) is 9.97. The molecule has 140 valence electrons. The van der Waals surface area contributed by atoms with Crippen LogP contribution in [0.1, 0.15) is 99.3 Å². The molecule has 0 aliphatic heterocycles. The Kier molecular flexibility index (Phi) is 13.1. The molecular formula is C20H43NO2. The molecule has 23 heavy (non-hydrogen) atoms. The molecule has 0 amide bonds. The van der Waals surface area contributed by atoms with Gasteiger partial charge in [0.1, 0.15) is 0 Å². The lowest BCUT2D eigenvalue weighted by atomic mass is 9.86. The summed E-state index contributed by atoms with van der Waals surface area (Å²) in [6, 6.07) is 0. The normalized spacial score (nSPS) is 14.0. The van der Waals surface area contributed by atoms with Crippen molar-refractivity contribution in [1.29, 1.82) is 0 Å². The van der Waals surface area contributed by atoms with Crippen LogP contribution in [-0.4, -0.2) is 24.5 Å². The van der Waals surface area contributed by atoms with Crippen LogP contribution >= 0.6 is 0 Å². The first kappa shape index (κ1) is 22.9. The second kappa shape index (κ2) is 13.2. The van der Waals surface area contributed by atoms with Gasteiger partial charge < -0.3 is 15.2 Å². The zero-order chi connectivity index (χ0) is 17.7. The summed E-state index contributed by atoms with van der Waals surface area (Å²) in [5, 5.41) is 0. The Hall–Kier alpha value is -0.120. The Morgan fingerprint density at radius 2 is 1.30 bits per heavy atom. The first-order valence-electron chi connectivity index (χ1n) is 9.97. The molecule has 2 N–H and O–H groups in total. The highest BCUT2D eigenvalue weighted by molar-refractivity contribution is 4.81. The second-order valence-electron chi connectivity index (χ2n) is 7.33. The van der Waals surface area contributed by atoms with Gasteiger partial charge in [-0.1, -0.05) is 52.4 Å². The molecular weight excluding hydrogens is 286 g/mol. The predicted octanol–water partition coefficient (Wildman–Crippen LogP) is 5.66.